The Labute approximate surface area is 103 Å². The Bertz CT molecular complexity index is 407. The second kappa shape index (κ2) is 6.17. The van der Waals surface area contributed by atoms with Gasteiger partial charge >= 0.3 is 5.97 Å². The van der Waals surface area contributed by atoms with E-state index in [-0.39, 0.29) is 10.7 Å². The zero-order valence-electron chi connectivity index (χ0n) is 9.01. The molecule has 7 heteroatoms. The van der Waals surface area contributed by atoms with Crippen molar-refractivity contribution in [2.75, 3.05) is 13.7 Å². The summed E-state index contributed by atoms with van der Waals surface area (Å²) in [5.41, 5.74) is 0.233. The van der Waals surface area contributed by atoms with E-state index in [1.54, 1.807) is 0 Å². The van der Waals surface area contributed by atoms with Crippen LogP contribution in [0.4, 0.5) is 0 Å². The van der Waals surface area contributed by atoms with Crippen LogP contribution < -0.4 is 5.32 Å². The fourth-order valence-electron chi connectivity index (χ4n) is 1.07. The molecule has 1 aromatic heterocycles. The monoisotopic (exact) mass is 258 g/mol. The average Bonchev–Trinajstić information content (AvgIpc) is 2.35. The van der Waals surface area contributed by atoms with Crippen molar-refractivity contribution >= 4 is 23.5 Å². The maximum atomic E-state index is 11.6. The number of nitrogens with zero attached hydrogens (tertiary/aromatic N) is 1. The van der Waals surface area contributed by atoms with Crippen LogP contribution in [0, 0.1) is 0 Å². The quantitative estimate of drug-likeness (QED) is 0.586. The van der Waals surface area contributed by atoms with Gasteiger partial charge in [-0.1, -0.05) is 11.6 Å². The normalized spacial score (nSPS) is 11.7. The number of amides is 1. The van der Waals surface area contributed by atoms with Crippen LogP contribution >= 0.6 is 11.6 Å². The average molecular weight is 259 g/mol. The number of ether oxygens (including phenoxy) is 1. The van der Waals surface area contributed by atoms with Gasteiger partial charge in [0.25, 0.3) is 5.91 Å². The fraction of sp³-hybridized carbons (Fsp3) is 0.300. The van der Waals surface area contributed by atoms with Crippen molar-refractivity contribution in [3.05, 3.63) is 29.0 Å². The topological polar surface area (TPSA) is 88.5 Å². The standard InChI is InChI=1S/C10H11ClN2O4/c1-17-10(16)7(5-14)13-9(15)6-2-3-8(11)12-4-6/h2-4,7,14H,5H2,1H3,(H,13,15). The zero-order valence-corrected chi connectivity index (χ0v) is 9.77. The Hall–Kier alpha value is -1.66. The van der Waals surface area contributed by atoms with E-state index in [1.807, 2.05) is 0 Å². The van der Waals surface area contributed by atoms with Crippen LogP contribution in [-0.2, 0) is 9.53 Å². The molecule has 1 atom stereocenters. The van der Waals surface area contributed by atoms with Crippen molar-refractivity contribution in [2.45, 2.75) is 6.04 Å². The fourth-order valence-corrected chi connectivity index (χ4v) is 1.18. The first-order chi connectivity index (χ1) is 8.08. The van der Waals surface area contributed by atoms with E-state index < -0.39 is 24.5 Å². The van der Waals surface area contributed by atoms with Gasteiger partial charge in [0.15, 0.2) is 6.04 Å². The van der Waals surface area contributed by atoms with Crippen LogP contribution in [0.25, 0.3) is 0 Å². The van der Waals surface area contributed by atoms with Gasteiger partial charge in [-0.25, -0.2) is 9.78 Å². The third-order valence-corrected chi connectivity index (χ3v) is 2.19. The highest BCUT2D eigenvalue weighted by Gasteiger charge is 2.21. The lowest BCUT2D eigenvalue weighted by molar-refractivity contribution is -0.143. The second-order valence-electron chi connectivity index (χ2n) is 3.10. The molecule has 1 rings (SSSR count). The number of aliphatic hydroxyl groups is 1. The first kappa shape index (κ1) is 13.4. The van der Waals surface area contributed by atoms with Crippen molar-refractivity contribution in [3.8, 4) is 0 Å². The van der Waals surface area contributed by atoms with Crippen LogP contribution in [-0.4, -0.2) is 41.7 Å². The van der Waals surface area contributed by atoms with E-state index in [2.05, 4.69) is 15.0 Å². The Kier molecular flexibility index (Phi) is 4.86. The zero-order chi connectivity index (χ0) is 12.8. The summed E-state index contributed by atoms with van der Waals surface area (Å²) in [7, 11) is 1.17. The minimum Gasteiger partial charge on any atom is -0.467 e. The number of hydrogen-bond donors (Lipinski definition) is 2. The summed E-state index contributed by atoms with van der Waals surface area (Å²) in [6.07, 6.45) is 1.27. The van der Waals surface area contributed by atoms with Crippen molar-refractivity contribution < 1.29 is 19.4 Å². The highest BCUT2D eigenvalue weighted by molar-refractivity contribution is 6.29. The van der Waals surface area contributed by atoms with Crippen molar-refractivity contribution in [3.63, 3.8) is 0 Å². The number of halogens is 1. The highest BCUT2D eigenvalue weighted by Crippen LogP contribution is 2.05. The molecule has 92 valence electrons. The molecular weight excluding hydrogens is 248 g/mol. The van der Waals surface area contributed by atoms with Crippen LogP contribution in [0.3, 0.4) is 0 Å². The van der Waals surface area contributed by atoms with Crippen molar-refractivity contribution in [1.82, 2.24) is 10.3 Å². The lowest BCUT2D eigenvalue weighted by Crippen LogP contribution is -2.44. The van der Waals surface area contributed by atoms with Crippen LogP contribution in [0.5, 0.6) is 0 Å². The molecule has 17 heavy (non-hydrogen) atoms. The predicted molar refractivity (Wildman–Crippen MR) is 59.6 cm³/mol. The lowest BCUT2D eigenvalue weighted by atomic mass is 10.2. The van der Waals surface area contributed by atoms with Crippen molar-refractivity contribution in [2.24, 2.45) is 0 Å². The number of methoxy groups -OCH3 is 1. The molecule has 2 N–H and O–H groups in total. The molecule has 0 aromatic carbocycles. The number of carbonyl (C=O) groups excluding carboxylic acids is 2. The Morgan fingerprint density at radius 1 is 1.59 bits per heavy atom. The van der Waals surface area contributed by atoms with Gasteiger partial charge in [-0.2, -0.15) is 0 Å². The van der Waals surface area contributed by atoms with Gasteiger partial charge in [0.05, 0.1) is 19.3 Å². The minimum absolute atomic E-state index is 0.233. The SMILES string of the molecule is COC(=O)C(CO)NC(=O)c1ccc(Cl)nc1. The lowest BCUT2D eigenvalue weighted by Gasteiger charge is -2.13. The van der Waals surface area contributed by atoms with E-state index in [0.29, 0.717) is 0 Å². The number of aliphatic hydroxyl groups excluding tert-OH is 1. The number of esters is 1. The summed E-state index contributed by atoms with van der Waals surface area (Å²) in [6.45, 7) is -0.542. The molecule has 1 heterocycles. The molecule has 6 nitrogen and oxygen atoms in total. The summed E-state index contributed by atoms with van der Waals surface area (Å²) in [5.74, 6) is -1.26. The Balaban J connectivity index is 2.71. The number of pyridine rings is 1. The summed E-state index contributed by atoms with van der Waals surface area (Å²) in [6, 6.07) is 1.81. The first-order valence-corrected chi connectivity index (χ1v) is 5.07. The molecule has 0 aliphatic rings. The molecule has 1 unspecified atom stereocenters. The van der Waals surface area contributed by atoms with Gasteiger partial charge in [0.2, 0.25) is 0 Å². The van der Waals surface area contributed by atoms with Crippen molar-refractivity contribution in [1.29, 1.82) is 0 Å². The number of aromatic nitrogens is 1. The van der Waals surface area contributed by atoms with E-state index in [1.165, 1.54) is 25.4 Å². The molecule has 0 bridgehead atoms. The smallest absolute Gasteiger partial charge is 0.330 e. The summed E-state index contributed by atoms with van der Waals surface area (Å²) >= 11 is 5.57. The predicted octanol–water partition coefficient (Wildman–Crippen LogP) is -0.00130. The third-order valence-electron chi connectivity index (χ3n) is 1.96. The number of nitrogens with one attached hydrogen (secondary N) is 1. The molecule has 0 aliphatic heterocycles. The van der Waals surface area contributed by atoms with Gasteiger partial charge in [0, 0.05) is 6.20 Å². The van der Waals surface area contributed by atoms with Crippen LogP contribution in [0.2, 0.25) is 5.15 Å². The van der Waals surface area contributed by atoms with Gasteiger partial charge in [-0.15, -0.1) is 0 Å². The molecule has 0 fully saturated rings. The number of rotatable bonds is 4. The van der Waals surface area contributed by atoms with Gasteiger partial charge in [0.1, 0.15) is 5.15 Å². The maximum Gasteiger partial charge on any atom is 0.330 e. The maximum absolute atomic E-state index is 11.6. The summed E-state index contributed by atoms with van der Waals surface area (Å²) in [5, 5.41) is 11.5. The van der Waals surface area contributed by atoms with Crippen LogP contribution in [0.1, 0.15) is 10.4 Å². The molecule has 0 aliphatic carbocycles. The Morgan fingerprint density at radius 3 is 2.76 bits per heavy atom. The molecule has 0 saturated heterocycles. The molecule has 1 amide bonds. The molecule has 0 spiro atoms. The van der Waals surface area contributed by atoms with Gasteiger partial charge in [-0.05, 0) is 12.1 Å². The largest absolute Gasteiger partial charge is 0.467 e. The van der Waals surface area contributed by atoms with E-state index in [9.17, 15) is 9.59 Å². The number of hydrogen-bond acceptors (Lipinski definition) is 5. The molecule has 0 saturated carbocycles. The van der Waals surface area contributed by atoms with Gasteiger partial charge < -0.3 is 15.2 Å². The van der Waals surface area contributed by atoms with E-state index in [0.717, 1.165) is 0 Å². The summed E-state index contributed by atoms with van der Waals surface area (Å²) in [4.78, 5) is 26.5. The Morgan fingerprint density at radius 2 is 2.29 bits per heavy atom. The molecule has 0 radical (unpaired) electrons. The summed E-state index contributed by atoms with van der Waals surface area (Å²) < 4.78 is 4.41. The minimum atomic E-state index is -1.09. The van der Waals surface area contributed by atoms with E-state index >= 15 is 0 Å². The molecular formula is C10H11ClN2O4. The second-order valence-corrected chi connectivity index (χ2v) is 3.49. The van der Waals surface area contributed by atoms with Crippen LogP contribution in [0.15, 0.2) is 18.3 Å². The first-order valence-electron chi connectivity index (χ1n) is 4.69. The molecule has 1 aromatic rings. The third kappa shape index (κ3) is 3.69. The number of carbonyl (C=O) groups is 2. The van der Waals surface area contributed by atoms with Gasteiger partial charge in [-0.3, -0.25) is 4.79 Å². The highest BCUT2D eigenvalue weighted by atomic mass is 35.5. The van der Waals surface area contributed by atoms with E-state index in [4.69, 9.17) is 16.7 Å².